The van der Waals surface area contributed by atoms with Gasteiger partial charge in [0, 0.05) is 0 Å². The minimum atomic E-state index is 0.0837. The Labute approximate surface area is 133 Å². The highest BCUT2D eigenvalue weighted by atomic mass is 79.9. The van der Waals surface area contributed by atoms with E-state index in [0.29, 0.717) is 6.04 Å². The Bertz CT molecular complexity index is 710. The van der Waals surface area contributed by atoms with Crippen molar-refractivity contribution in [1.82, 2.24) is 0 Å². The third kappa shape index (κ3) is 1.98. The predicted octanol–water partition coefficient (Wildman–Crippen LogP) is 5.04. The molecule has 1 aliphatic heterocycles. The maximum absolute atomic E-state index is 6.38. The van der Waals surface area contributed by atoms with Gasteiger partial charge < -0.3 is 10.1 Å². The van der Waals surface area contributed by atoms with Crippen molar-refractivity contribution >= 4 is 21.6 Å². The Kier molecular flexibility index (Phi) is 2.83. The van der Waals surface area contributed by atoms with Gasteiger partial charge in [-0.25, -0.2) is 0 Å². The second kappa shape index (κ2) is 4.51. The second-order valence-electron chi connectivity index (χ2n) is 6.58. The van der Waals surface area contributed by atoms with Crippen molar-refractivity contribution in [3.8, 4) is 5.75 Å². The summed E-state index contributed by atoms with van der Waals surface area (Å²) >= 11 is 3.60. The Hall–Kier alpha value is -1.48. The molecule has 2 atom stereocenters. The van der Waals surface area contributed by atoms with Gasteiger partial charge >= 0.3 is 0 Å². The SMILES string of the molecule is CC1(C)CC2Nc3cccc(Br)c3OC2c2ccccc21. The molecule has 0 saturated heterocycles. The van der Waals surface area contributed by atoms with E-state index in [1.165, 1.54) is 11.1 Å². The first-order valence-electron chi connectivity index (χ1n) is 7.37. The monoisotopic (exact) mass is 343 g/mol. The second-order valence-corrected chi connectivity index (χ2v) is 7.44. The van der Waals surface area contributed by atoms with E-state index in [4.69, 9.17) is 4.74 Å². The van der Waals surface area contributed by atoms with Crippen LogP contribution in [0.4, 0.5) is 5.69 Å². The Morgan fingerprint density at radius 3 is 2.81 bits per heavy atom. The van der Waals surface area contributed by atoms with E-state index in [-0.39, 0.29) is 11.5 Å². The minimum absolute atomic E-state index is 0.0837. The molecule has 2 aromatic rings. The average Bonchev–Trinajstić information content (AvgIpc) is 2.46. The molecule has 3 heteroatoms. The molecule has 1 aliphatic carbocycles. The molecule has 2 aromatic carbocycles. The van der Waals surface area contributed by atoms with E-state index in [1.807, 2.05) is 12.1 Å². The highest BCUT2D eigenvalue weighted by molar-refractivity contribution is 9.10. The highest BCUT2D eigenvalue weighted by Crippen LogP contribution is 2.49. The van der Waals surface area contributed by atoms with E-state index in [1.54, 1.807) is 0 Å². The smallest absolute Gasteiger partial charge is 0.157 e. The van der Waals surface area contributed by atoms with Crippen molar-refractivity contribution < 1.29 is 4.74 Å². The molecule has 2 aliphatic rings. The number of ether oxygens (including phenoxy) is 1. The van der Waals surface area contributed by atoms with Crippen molar-refractivity contribution in [3.05, 3.63) is 58.1 Å². The van der Waals surface area contributed by atoms with Crippen LogP contribution in [0.5, 0.6) is 5.75 Å². The molecule has 4 rings (SSSR count). The number of hydrogen-bond acceptors (Lipinski definition) is 2. The van der Waals surface area contributed by atoms with Crippen LogP contribution >= 0.6 is 15.9 Å². The number of halogens is 1. The van der Waals surface area contributed by atoms with Gasteiger partial charge in [-0.05, 0) is 51.0 Å². The normalized spacial score (nSPS) is 24.9. The fourth-order valence-electron chi connectivity index (χ4n) is 3.69. The van der Waals surface area contributed by atoms with E-state index in [2.05, 4.69) is 65.4 Å². The molecular formula is C18H18BrNO. The summed E-state index contributed by atoms with van der Waals surface area (Å²) in [6, 6.07) is 15.2. The van der Waals surface area contributed by atoms with Crippen LogP contribution in [0.15, 0.2) is 46.9 Å². The molecule has 0 bridgehead atoms. The van der Waals surface area contributed by atoms with Crippen LogP contribution in [0.1, 0.15) is 37.5 Å². The van der Waals surface area contributed by atoms with E-state index >= 15 is 0 Å². The molecular weight excluding hydrogens is 326 g/mol. The van der Waals surface area contributed by atoms with Gasteiger partial charge in [0.25, 0.3) is 0 Å². The number of hydrogen-bond donors (Lipinski definition) is 1. The average molecular weight is 344 g/mol. The fourth-order valence-corrected chi connectivity index (χ4v) is 4.15. The van der Waals surface area contributed by atoms with E-state index in [9.17, 15) is 0 Å². The lowest BCUT2D eigenvalue weighted by Crippen LogP contribution is -2.44. The standard InChI is InChI=1S/C18H18BrNO/c1-18(2)10-15-16(11-6-3-4-7-12(11)18)21-17-13(19)8-5-9-14(17)20-15/h3-9,15-16,20H,10H2,1-2H3. The van der Waals surface area contributed by atoms with Crippen LogP contribution in [0.25, 0.3) is 0 Å². The van der Waals surface area contributed by atoms with Crippen molar-refractivity contribution in [1.29, 1.82) is 0 Å². The van der Waals surface area contributed by atoms with Crippen molar-refractivity contribution in [3.63, 3.8) is 0 Å². The van der Waals surface area contributed by atoms with Crippen LogP contribution in [0, 0.1) is 0 Å². The molecule has 2 nitrogen and oxygen atoms in total. The molecule has 1 N–H and O–H groups in total. The first kappa shape index (κ1) is 13.2. The third-order valence-electron chi connectivity index (χ3n) is 4.64. The topological polar surface area (TPSA) is 21.3 Å². The van der Waals surface area contributed by atoms with Gasteiger partial charge in [-0.3, -0.25) is 0 Å². The lowest BCUT2D eigenvalue weighted by molar-refractivity contribution is 0.137. The summed E-state index contributed by atoms with van der Waals surface area (Å²) in [4.78, 5) is 0. The van der Waals surface area contributed by atoms with Crippen LogP contribution in [0.3, 0.4) is 0 Å². The van der Waals surface area contributed by atoms with Gasteiger partial charge in [0.1, 0.15) is 6.10 Å². The molecule has 0 amide bonds. The molecule has 1 heterocycles. The fraction of sp³-hybridized carbons (Fsp3) is 0.333. The maximum atomic E-state index is 6.38. The summed E-state index contributed by atoms with van der Waals surface area (Å²) in [6.45, 7) is 4.64. The van der Waals surface area contributed by atoms with Crippen molar-refractivity contribution in [2.24, 2.45) is 0 Å². The molecule has 21 heavy (non-hydrogen) atoms. The summed E-state index contributed by atoms with van der Waals surface area (Å²) in [5, 5.41) is 3.68. The highest BCUT2D eigenvalue weighted by Gasteiger charge is 2.43. The zero-order valence-corrected chi connectivity index (χ0v) is 13.8. The van der Waals surface area contributed by atoms with Crippen LogP contribution < -0.4 is 10.1 Å². The van der Waals surface area contributed by atoms with Gasteiger partial charge in [0.05, 0.1) is 16.2 Å². The van der Waals surface area contributed by atoms with Gasteiger partial charge in [-0.15, -0.1) is 0 Å². The van der Waals surface area contributed by atoms with Crippen LogP contribution in [-0.2, 0) is 5.41 Å². The van der Waals surface area contributed by atoms with Gasteiger partial charge in [-0.2, -0.15) is 0 Å². The predicted molar refractivity (Wildman–Crippen MR) is 89.0 cm³/mol. The van der Waals surface area contributed by atoms with E-state index < -0.39 is 0 Å². The molecule has 2 unspecified atom stereocenters. The maximum Gasteiger partial charge on any atom is 0.157 e. The molecule has 0 spiro atoms. The molecule has 0 radical (unpaired) electrons. The van der Waals surface area contributed by atoms with Gasteiger partial charge in [-0.1, -0.05) is 44.2 Å². The Morgan fingerprint density at radius 1 is 1.14 bits per heavy atom. The summed E-state index contributed by atoms with van der Waals surface area (Å²) in [7, 11) is 0. The number of nitrogens with one attached hydrogen (secondary N) is 1. The lowest BCUT2D eigenvalue weighted by atomic mass is 9.69. The van der Waals surface area contributed by atoms with Crippen LogP contribution in [0.2, 0.25) is 0 Å². The quantitative estimate of drug-likeness (QED) is 0.723. The largest absolute Gasteiger partial charge is 0.480 e. The summed E-state index contributed by atoms with van der Waals surface area (Å²) in [6.07, 6.45) is 1.15. The van der Waals surface area contributed by atoms with Crippen molar-refractivity contribution in [2.75, 3.05) is 5.32 Å². The molecule has 0 fully saturated rings. The Balaban J connectivity index is 1.85. The molecule has 108 valence electrons. The third-order valence-corrected chi connectivity index (χ3v) is 5.27. The molecule has 0 saturated carbocycles. The number of para-hydroxylation sites is 1. The van der Waals surface area contributed by atoms with E-state index in [0.717, 1.165) is 22.3 Å². The first-order chi connectivity index (χ1) is 10.1. The zero-order chi connectivity index (χ0) is 14.6. The van der Waals surface area contributed by atoms with Crippen molar-refractivity contribution in [2.45, 2.75) is 37.8 Å². The number of rotatable bonds is 0. The van der Waals surface area contributed by atoms with Crippen LogP contribution in [-0.4, -0.2) is 6.04 Å². The van der Waals surface area contributed by atoms with Gasteiger partial charge in [0.15, 0.2) is 5.75 Å². The minimum Gasteiger partial charge on any atom is -0.480 e. The summed E-state index contributed by atoms with van der Waals surface area (Å²) in [5.74, 6) is 0.924. The number of fused-ring (bicyclic) bond motifs is 4. The number of anilines is 1. The zero-order valence-electron chi connectivity index (χ0n) is 12.2. The first-order valence-corrected chi connectivity index (χ1v) is 8.17. The Morgan fingerprint density at radius 2 is 1.95 bits per heavy atom. The van der Waals surface area contributed by atoms with Gasteiger partial charge in [0.2, 0.25) is 0 Å². The summed E-state index contributed by atoms with van der Waals surface area (Å²) < 4.78 is 7.38. The lowest BCUT2D eigenvalue weighted by Gasteiger charge is -2.45. The number of benzene rings is 2. The summed E-state index contributed by atoms with van der Waals surface area (Å²) in [5.41, 5.74) is 3.97. The molecule has 0 aromatic heterocycles.